The first-order valence-corrected chi connectivity index (χ1v) is 11.9. The molecule has 126 valence electrons. The van der Waals surface area contributed by atoms with Gasteiger partial charge in [0.2, 0.25) is 0 Å². The second-order valence-corrected chi connectivity index (χ2v) is 15.8. The molecule has 0 saturated carbocycles. The average molecular weight is 364 g/mol. The Morgan fingerprint density at radius 2 is 1.09 bits per heavy atom. The number of rotatable bonds is 2. The zero-order valence-electron chi connectivity index (χ0n) is 12.5. The topological polar surface area (TPSA) is 3.01 Å². The molecule has 1 aliphatic heterocycles. The Kier molecular flexibility index (Phi) is 3.27. The van der Waals surface area contributed by atoms with Crippen LogP contribution in [0.3, 0.4) is 0 Å². The van der Waals surface area contributed by atoms with Gasteiger partial charge in [0.15, 0.2) is 0 Å². The molecule has 2 nitrogen and oxygen atoms in total. The first-order valence-electron chi connectivity index (χ1n) is 6.34. The van der Waals surface area contributed by atoms with Crippen LogP contribution in [0.1, 0.15) is 0 Å². The van der Waals surface area contributed by atoms with Gasteiger partial charge < -0.3 is 0 Å². The molecule has 1 aromatic rings. The van der Waals surface area contributed by atoms with E-state index in [0.29, 0.717) is 4.34 Å². The summed E-state index contributed by atoms with van der Waals surface area (Å²) in [6, 6.07) is 0. The Labute approximate surface area is 124 Å². The molecule has 0 bridgehead atoms. The van der Waals surface area contributed by atoms with Gasteiger partial charge in [-0.25, -0.2) is 0 Å². The summed E-state index contributed by atoms with van der Waals surface area (Å²) in [4.78, 5) is 0. The summed E-state index contributed by atoms with van der Waals surface area (Å²) in [6.45, 7) is 4.54. The maximum atomic E-state index is 15.4. The van der Waals surface area contributed by atoms with Crippen LogP contribution >= 0.6 is 0 Å². The van der Waals surface area contributed by atoms with E-state index in [9.17, 15) is 22.0 Å². The fourth-order valence-electron chi connectivity index (χ4n) is 3.26. The molecule has 0 radical (unpaired) electrons. The van der Waals surface area contributed by atoms with Gasteiger partial charge in [-0.1, -0.05) is 0 Å². The van der Waals surface area contributed by atoms with E-state index in [0.717, 1.165) is 14.1 Å². The predicted molar refractivity (Wildman–Crippen MR) is 71.1 cm³/mol. The summed E-state index contributed by atoms with van der Waals surface area (Å²) in [5.74, 6) is -12.0. The van der Waals surface area contributed by atoms with Crippen molar-refractivity contribution in [2.75, 3.05) is 14.1 Å². The van der Waals surface area contributed by atoms with Crippen LogP contribution in [0.2, 0.25) is 19.6 Å². The van der Waals surface area contributed by atoms with Gasteiger partial charge in [0.05, 0.1) is 0 Å². The Hall–Kier alpha value is -0.916. The second kappa shape index (κ2) is 4.13. The maximum absolute atomic E-state index is 15.4. The van der Waals surface area contributed by atoms with Crippen LogP contribution in [0.5, 0.6) is 0 Å². The zero-order chi connectivity index (χ0) is 17.5. The third-order valence-electron chi connectivity index (χ3n) is 4.01. The van der Waals surface area contributed by atoms with Crippen LogP contribution in [0, 0.1) is 29.1 Å². The Morgan fingerprint density at radius 3 is 1.36 bits per heavy atom. The standard InChI is InChI=1S/C11H15F7N2Si2/c1-20(2)19(21(3,4)5)22(20,17,18)11-9(15)7(13)6(12)8(14)10(11)16/h1-5H3. The molecule has 0 amide bonds. The summed E-state index contributed by atoms with van der Waals surface area (Å²) in [5.41, 5.74) is 0. The van der Waals surface area contributed by atoms with E-state index < -0.39 is 55.1 Å². The van der Waals surface area contributed by atoms with Crippen molar-refractivity contribution in [3.05, 3.63) is 29.1 Å². The van der Waals surface area contributed by atoms with Crippen LogP contribution in [-0.2, 0) is 0 Å². The van der Waals surface area contributed by atoms with E-state index in [1.165, 1.54) is 19.6 Å². The number of hydrogen-bond acceptors (Lipinski definition) is 1. The van der Waals surface area contributed by atoms with Crippen LogP contribution in [0.4, 0.5) is 30.2 Å². The fourth-order valence-corrected chi connectivity index (χ4v) is 14.9. The molecule has 2 rings (SSSR count). The molecule has 1 aromatic carbocycles. The third-order valence-corrected chi connectivity index (χ3v) is 13.5. The normalized spacial score (nSPS) is 27.1. The molecule has 0 N–H and O–H groups in total. The molecular weight excluding hydrogens is 349 g/mol. The fraction of sp³-hybridized carbons (Fsp3) is 0.455. The van der Waals surface area contributed by atoms with E-state index in [2.05, 4.69) is 0 Å². The van der Waals surface area contributed by atoms with Gasteiger partial charge in [-0.15, -0.1) is 0 Å². The van der Waals surface area contributed by atoms with E-state index >= 15 is 8.22 Å². The summed E-state index contributed by atoms with van der Waals surface area (Å²) >= 11 is 0. The molecule has 1 saturated heterocycles. The van der Waals surface area contributed by atoms with Gasteiger partial charge in [-0.2, -0.15) is 0 Å². The summed E-state index contributed by atoms with van der Waals surface area (Å²) < 4.78 is 97.8. The molecule has 11 heteroatoms. The molecule has 22 heavy (non-hydrogen) atoms. The van der Waals surface area contributed by atoms with Gasteiger partial charge in [-0.3, -0.25) is 0 Å². The first kappa shape index (κ1) is 17.4. The van der Waals surface area contributed by atoms with Crippen molar-refractivity contribution in [2.24, 2.45) is 0 Å². The van der Waals surface area contributed by atoms with Crippen molar-refractivity contribution in [3.63, 3.8) is 0 Å². The molecule has 1 atom stereocenters. The average Bonchev–Trinajstić information content (AvgIpc) is 2.71. The van der Waals surface area contributed by atoms with Crippen LogP contribution in [0.15, 0.2) is 0 Å². The molecule has 0 aromatic heterocycles. The molecule has 1 aliphatic rings. The quantitative estimate of drug-likeness (QED) is 0.195. The molecule has 1 unspecified atom stereocenters. The van der Waals surface area contributed by atoms with E-state index in [-0.39, 0.29) is 0 Å². The molecule has 0 aliphatic carbocycles. The van der Waals surface area contributed by atoms with Crippen molar-refractivity contribution in [2.45, 2.75) is 19.6 Å². The minimum absolute atomic E-state index is 0.658. The first-order chi connectivity index (χ1) is 9.60. The summed E-state index contributed by atoms with van der Waals surface area (Å²) in [6.07, 6.45) is 0. The van der Waals surface area contributed by atoms with Crippen LogP contribution < -0.4 is 5.19 Å². The number of halogens is 7. The van der Waals surface area contributed by atoms with Crippen molar-refractivity contribution >= 4 is 21.8 Å². The Morgan fingerprint density at radius 1 is 0.773 bits per heavy atom. The van der Waals surface area contributed by atoms with Crippen LogP contribution in [-0.4, -0.2) is 39.3 Å². The van der Waals surface area contributed by atoms with Crippen molar-refractivity contribution < 1.29 is 34.4 Å². The van der Waals surface area contributed by atoms with Crippen LogP contribution in [0.25, 0.3) is 0 Å². The molecule has 1 fully saturated rings. The molecule has 0 spiro atoms. The van der Waals surface area contributed by atoms with Gasteiger partial charge in [0.25, 0.3) is 0 Å². The van der Waals surface area contributed by atoms with E-state index in [1.807, 2.05) is 0 Å². The third kappa shape index (κ3) is 1.67. The number of hydrogen-bond donors (Lipinski definition) is 0. The number of quaternary nitrogens is 1. The molecule has 1 heterocycles. The number of benzene rings is 1. The van der Waals surface area contributed by atoms with Gasteiger partial charge in [0.1, 0.15) is 0 Å². The van der Waals surface area contributed by atoms with E-state index in [4.69, 9.17) is 0 Å². The van der Waals surface area contributed by atoms with Crippen molar-refractivity contribution in [1.82, 2.24) is 4.34 Å². The number of nitrogens with zero attached hydrogens (tertiary/aromatic N) is 2. The minimum atomic E-state index is -6.81. The van der Waals surface area contributed by atoms with Gasteiger partial charge >= 0.3 is 123 Å². The predicted octanol–water partition coefficient (Wildman–Crippen LogP) is 3.06. The SMILES string of the molecule is C[N+]1(C)N([Si](C)(C)C)[Si-]1(F)(F)c1c(F)c(F)c(F)c(F)c1F. The second-order valence-electron chi connectivity index (χ2n) is 6.74. The summed E-state index contributed by atoms with van der Waals surface area (Å²) in [7, 11) is -7.57. The van der Waals surface area contributed by atoms with E-state index in [1.54, 1.807) is 0 Å². The molecular formula is C11H15F7N2Si2. The Bertz CT molecular complexity index is 655. The summed E-state index contributed by atoms with van der Waals surface area (Å²) in [5, 5.41) is -1.95. The van der Waals surface area contributed by atoms with Crippen molar-refractivity contribution in [3.8, 4) is 0 Å². The van der Waals surface area contributed by atoms with Gasteiger partial charge in [-0.05, 0) is 0 Å². The zero-order valence-corrected chi connectivity index (χ0v) is 14.5. The van der Waals surface area contributed by atoms with Gasteiger partial charge in [0, 0.05) is 0 Å². The Balaban J connectivity index is 2.89. The van der Waals surface area contributed by atoms with Crippen molar-refractivity contribution in [1.29, 1.82) is 0 Å². The monoisotopic (exact) mass is 364 g/mol.